The summed E-state index contributed by atoms with van der Waals surface area (Å²) < 4.78 is 23.3. The minimum absolute atomic E-state index is 0.0437. The van der Waals surface area contributed by atoms with Gasteiger partial charge in [0.2, 0.25) is 0 Å². The van der Waals surface area contributed by atoms with Gasteiger partial charge in [-0.1, -0.05) is 119 Å². The molecule has 2 fully saturated rings. The lowest BCUT2D eigenvalue weighted by atomic mass is 9.83. The molecule has 0 radical (unpaired) electrons. The van der Waals surface area contributed by atoms with Gasteiger partial charge in [-0.2, -0.15) is 0 Å². The highest BCUT2D eigenvalue weighted by Crippen LogP contribution is 2.56. The van der Waals surface area contributed by atoms with Gasteiger partial charge in [0.1, 0.15) is 35.1 Å². The second-order valence-corrected chi connectivity index (χ2v) is 15.6. The number of aliphatic hydroxyl groups is 2. The molecular formula is C47H53BO8S2. The van der Waals surface area contributed by atoms with E-state index in [0.717, 1.165) is 58.1 Å². The average Bonchev–Trinajstić information content (AvgIpc) is 3.79. The molecule has 3 heterocycles. The van der Waals surface area contributed by atoms with Crippen molar-refractivity contribution < 1.29 is 38.6 Å². The molecule has 11 heteroatoms. The second kappa shape index (κ2) is 21.9. The van der Waals surface area contributed by atoms with E-state index in [9.17, 15) is 19.8 Å². The Kier molecular flexibility index (Phi) is 16.8. The zero-order valence-electron chi connectivity index (χ0n) is 33.8. The first kappa shape index (κ1) is 44.5. The molecule has 8 nitrogen and oxygen atoms in total. The maximum Gasteiger partial charge on any atom is 0.458 e. The van der Waals surface area contributed by atoms with Crippen LogP contribution < -0.4 is 9.47 Å². The number of carbonyl (C=O) groups excluding carboxylic acids is 2. The maximum atomic E-state index is 11.2. The van der Waals surface area contributed by atoms with E-state index in [2.05, 4.69) is 48.7 Å². The molecule has 304 valence electrons. The summed E-state index contributed by atoms with van der Waals surface area (Å²) in [6.45, 7) is 9.04. The van der Waals surface area contributed by atoms with Crippen LogP contribution in [0.2, 0.25) is 6.32 Å². The molecule has 2 N–H and O–H groups in total. The van der Waals surface area contributed by atoms with E-state index < -0.39 is 19.3 Å². The third-order valence-electron chi connectivity index (χ3n) is 9.73. The minimum Gasteiger partial charge on any atom is -0.481 e. The number of hydrogen-bond acceptors (Lipinski definition) is 10. The van der Waals surface area contributed by atoms with E-state index in [4.69, 9.17) is 18.8 Å². The number of rotatable bonds is 13. The standard InChI is InChI=1S/C18H16O2S.C17H14O2S.C10H17BO4.C2H6/c19-12-14-11-18(14,17-9-4-10-21-17)20-16-8-3-6-13-5-1-2-7-15(13)16;18-11-10-16(17-9-4-12-20-17)19-15-8-3-6-13-5-1-2-7-14(13)15;1-4-5-6-11-14-9(7(2)12)10(15-11)8(3)13;1-2/h1-10,14,19H,11-12H2;1-10,12,18H,11H2;9-10H,4-6H2,1-3H3;1-2H3/b;16-10-;;/t14-,18-;;9-,10?;/m0.1./s1. The summed E-state index contributed by atoms with van der Waals surface area (Å²) in [6.07, 6.45) is 3.91. The van der Waals surface area contributed by atoms with Crippen molar-refractivity contribution in [1.82, 2.24) is 0 Å². The number of ether oxygens (including phenoxy) is 2. The number of aliphatic hydroxyl groups excluding tert-OH is 2. The normalized spacial score (nSPS) is 19.5. The molecule has 1 aliphatic heterocycles. The van der Waals surface area contributed by atoms with Crippen LogP contribution in [0.25, 0.3) is 27.3 Å². The van der Waals surface area contributed by atoms with E-state index in [0.29, 0.717) is 5.76 Å². The number of hydrogen-bond donors (Lipinski definition) is 2. The SMILES string of the molecule is CC.CCCCB1OC(C(C)=O)[C@@H](C(C)=O)O1.OC/C=C(\Oc1cccc2ccccc12)c1cccs1.OC[C@@H]1C[C@@]1(Oc1cccc2ccccc12)c1cccs1. The Morgan fingerprint density at radius 1 is 0.776 bits per heavy atom. The zero-order valence-corrected chi connectivity index (χ0v) is 35.5. The van der Waals surface area contributed by atoms with Crippen LogP contribution in [0.5, 0.6) is 11.5 Å². The van der Waals surface area contributed by atoms with Gasteiger partial charge < -0.3 is 29.0 Å². The molecule has 1 saturated carbocycles. The molecule has 2 aromatic heterocycles. The molecule has 0 amide bonds. The van der Waals surface area contributed by atoms with E-state index >= 15 is 0 Å². The van der Waals surface area contributed by atoms with Gasteiger partial charge in [-0.3, -0.25) is 9.59 Å². The summed E-state index contributed by atoms with van der Waals surface area (Å²) in [5.41, 5.74) is -0.340. The van der Waals surface area contributed by atoms with Crippen LogP contribution >= 0.6 is 22.7 Å². The molecule has 58 heavy (non-hydrogen) atoms. The molecule has 4 aromatic carbocycles. The van der Waals surface area contributed by atoms with Crippen molar-refractivity contribution in [2.24, 2.45) is 5.92 Å². The van der Waals surface area contributed by atoms with Gasteiger partial charge in [-0.15, -0.1) is 22.7 Å². The molecule has 2 aliphatic rings. The maximum absolute atomic E-state index is 11.2. The summed E-state index contributed by atoms with van der Waals surface area (Å²) in [5.74, 6) is 2.30. The van der Waals surface area contributed by atoms with Crippen LogP contribution in [0.3, 0.4) is 0 Å². The Balaban J connectivity index is 0.000000165. The molecule has 8 rings (SSSR count). The van der Waals surface area contributed by atoms with Crippen molar-refractivity contribution >= 4 is 68.7 Å². The highest BCUT2D eigenvalue weighted by molar-refractivity contribution is 7.11. The molecule has 0 bridgehead atoms. The highest BCUT2D eigenvalue weighted by atomic mass is 32.1. The summed E-state index contributed by atoms with van der Waals surface area (Å²) in [4.78, 5) is 24.7. The number of carbonyl (C=O) groups is 2. The van der Waals surface area contributed by atoms with Gasteiger partial charge in [-0.05, 0) is 72.0 Å². The molecule has 1 aliphatic carbocycles. The Hall–Kier alpha value is -4.62. The number of fused-ring (bicyclic) bond motifs is 2. The quantitative estimate of drug-likeness (QED) is 0.0875. The third kappa shape index (κ3) is 11.1. The highest BCUT2D eigenvalue weighted by Gasteiger charge is 2.59. The number of Topliss-reactive ketones (excluding diaryl/α,β-unsaturated/α-hetero) is 2. The van der Waals surface area contributed by atoms with Gasteiger partial charge >= 0.3 is 7.12 Å². The van der Waals surface area contributed by atoms with Crippen molar-refractivity contribution in [2.45, 2.75) is 78.0 Å². The predicted octanol–water partition coefficient (Wildman–Crippen LogP) is 10.8. The van der Waals surface area contributed by atoms with E-state index in [1.54, 1.807) is 28.7 Å². The fourth-order valence-corrected chi connectivity index (χ4v) is 8.37. The number of unbranched alkanes of at least 4 members (excludes halogenated alkanes) is 1. The molecule has 1 unspecified atom stereocenters. The molecule has 0 spiro atoms. The summed E-state index contributed by atoms with van der Waals surface area (Å²) >= 11 is 3.29. The minimum atomic E-state index is -0.704. The van der Waals surface area contributed by atoms with Gasteiger partial charge in [-0.25, -0.2) is 0 Å². The molecule has 4 atom stereocenters. The first-order chi connectivity index (χ1) is 28.3. The van der Waals surface area contributed by atoms with Crippen molar-refractivity contribution in [3.63, 3.8) is 0 Å². The lowest BCUT2D eigenvalue weighted by Gasteiger charge is -2.20. The van der Waals surface area contributed by atoms with Crippen LogP contribution in [-0.2, 0) is 24.5 Å². The van der Waals surface area contributed by atoms with Gasteiger partial charge in [0.25, 0.3) is 0 Å². The van der Waals surface area contributed by atoms with Gasteiger partial charge in [0.05, 0.1) is 18.1 Å². The second-order valence-electron chi connectivity index (χ2n) is 13.7. The van der Waals surface area contributed by atoms with E-state index in [1.807, 2.05) is 92.0 Å². The van der Waals surface area contributed by atoms with E-state index in [-0.39, 0.29) is 36.3 Å². The Bertz CT molecular complexity index is 2190. The average molecular weight is 821 g/mol. The predicted molar refractivity (Wildman–Crippen MR) is 238 cm³/mol. The largest absolute Gasteiger partial charge is 0.481 e. The summed E-state index contributed by atoms with van der Waals surface area (Å²) in [6, 6.07) is 36.6. The molecular weight excluding hydrogens is 767 g/mol. The van der Waals surface area contributed by atoms with Crippen LogP contribution in [-0.4, -0.2) is 54.3 Å². The van der Waals surface area contributed by atoms with Gasteiger partial charge in [0.15, 0.2) is 11.6 Å². The van der Waals surface area contributed by atoms with Crippen LogP contribution in [0.4, 0.5) is 0 Å². The number of benzene rings is 4. The Labute approximate surface area is 350 Å². The first-order valence-electron chi connectivity index (χ1n) is 19.9. The Morgan fingerprint density at radius 2 is 1.34 bits per heavy atom. The summed E-state index contributed by atoms with van der Waals surface area (Å²) in [7, 11) is -0.396. The van der Waals surface area contributed by atoms with Crippen LogP contribution in [0, 0.1) is 5.92 Å². The third-order valence-corrected chi connectivity index (χ3v) is 11.6. The zero-order chi connectivity index (χ0) is 41.5. The summed E-state index contributed by atoms with van der Waals surface area (Å²) in [5, 5.41) is 27.3. The molecule has 6 aromatic rings. The number of ketones is 2. The lowest BCUT2D eigenvalue weighted by molar-refractivity contribution is -0.132. The van der Waals surface area contributed by atoms with Gasteiger partial charge in [0, 0.05) is 28.0 Å². The van der Waals surface area contributed by atoms with Crippen LogP contribution in [0.1, 0.15) is 63.6 Å². The van der Waals surface area contributed by atoms with Crippen molar-refractivity contribution in [3.8, 4) is 11.5 Å². The first-order valence-corrected chi connectivity index (χ1v) is 21.7. The van der Waals surface area contributed by atoms with Crippen molar-refractivity contribution in [1.29, 1.82) is 0 Å². The van der Waals surface area contributed by atoms with Crippen molar-refractivity contribution in [2.75, 3.05) is 13.2 Å². The smallest absolute Gasteiger partial charge is 0.458 e. The lowest BCUT2D eigenvalue weighted by Crippen LogP contribution is -2.34. The fourth-order valence-electron chi connectivity index (χ4n) is 6.72. The van der Waals surface area contributed by atoms with Crippen molar-refractivity contribution in [3.05, 3.63) is 136 Å². The molecule has 1 saturated heterocycles. The van der Waals surface area contributed by atoms with Crippen LogP contribution in [0.15, 0.2) is 126 Å². The Morgan fingerprint density at radius 3 is 1.86 bits per heavy atom. The van der Waals surface area contributed by atoms with E-state index in [1.165, 1.54) is 24.1 Å². The number of thiophene rings is 2. The monoisotopic (exact) mass is 820 g/mol. The fraction of sp³-hybridized carbons (Fsp3) is 0.319. The topological polar surface area (TPSA) is 112 Å².